The van der Waals surface area contributed by atoms with Crippen LogP contribution in [0.2, 0.25) is 0 Å². The summed E-state index contributed by atoms with van der Waals surface area (Å²) in [7, 11) is 0. The number of aliphatic hydroxyl groups excluding tert-OH is 1. The molecule has 4 amide bonds. The number of nitrogens with two attached hydrogens (primary N) is 3. The zero-order valence-electron chi connectivity index (χ0n) is 18.9. The van der Waals surface area contributed by atoms with E-state index in [-0.39, 0.29) is 19.4 Å². The molecule has 0 aromatic rings. The molecule has 0 aliphatic carbocycles. The lowest BCUT2D eigenvalue weighted by molar-refractivity contribution is -0.143. The van der Waals surface area contributed by atoms with E-state index in [2.05, 4.69) is 16.0 Å². The summed E-state index contributed by atoms with van der Waals surface area (Å²) in [5.41, 5.74) is 16.0. The number of carboxylic acids is 2. The lowest BCUT2D eigenvalue weighted by Gasteiger charge is -2.25. The van der Waals surface area contributed by atoms with Gasteiger partial charge in [-0.1, -0.05) is 0 Å². The number of aliphatic hydroxyl groups is 1. The third-order valence-corrected chi connectivity index (χ3v) is 4.70. The molecule has 0 rings (SSSR count). The first-order valence-electron chi connectivity index (χ1n) is 10.6. The summed E-state index contributed by atoms with van der Waals surface area (Å²) in [4.78, 5) is 71.0. The molecule has 0 aromatic heterocycles. The quantitative estimate of drug-likeness (QED) is 0.0888. The molecule has 5 atom stereocenters. The first-order chi connectivity index (χ1) is 15.8. The number of primary amides is 1. The molecule has 0 saturated heterocycles. The Bertz CT molecular complexity index is 746. The lowest BCUT2D eigenvalue weighted by Crippen LogP contribution is -2.58. The smallest absolute Gasteiger partial charge is 0.326 e. The molecule has 34 heavy (non-hydrogen) atoms. The highest BCUT2D eigenvalue weighted by molar-refractivity contribution is 5.95. The van der Waals surface area contributed by atoms with Crippen LogP contribution in [0, 0.1) is 0 Å². The van der Waals surface area contributed by atoms with Gasteiger partial charge in [0.1, 0.15) is 24.2 Å². The van der Waals surface area contributed by atoms with Crippen LogP contribution in [0.5, 0.6) is 0 Å². The monoisotopic (exact) mass is 490 g/mol. The maximum absolute atomic E-state index is 12.8. The number of carbonyl (C=O) groups is 6. The number of hydrogen-bond acceptors (Lipinski definition) is 9. The van der Waals surface area contributed by atoms with Crippen molar-refractivity contribution in [3.8, 4) is 0 Å². The summed E-state index contributed by atoms with van der Waals surface area (Å²) in [6.45, 7) is 1.54. The molecule has 0 saturated carbocycles. The highest BCUT2D eigenvalue weighted by atomic mass is 16.4. The fourth-order valence-corrected chi connectivity index (χ4v) is 2.73. The number of carbonyl (C=O) groups excluding carboxylic acids is 4. The highest BCUT2D eigenvalue weighted by Gasteiger charge is 2.31. The summed E-state index contributed by atoms with van der Waals surface area (Å²) in [6.07, 6.45) is -1.92. The fraction of sp³-hybridized carbons (Fsp3) is 0.684. The van der Waals surface area contributed by atoms with E-state index in [0.717, 1.165) is 0 Å². The van der Waals surface area contributed by atoms with Crippen molar-refractivity contribution in [1.82, 2.24) is 16.0 Å². The van der Waals surface area contributed by atoms with Crippen LogP contribution in [0.25, 0.3) is 0 Å². The van der Waals surface area contributed by atoms with Crippen molar-refractivity contribution in [3.05, 3.63) is 0 Å². The van der Waals surface area contributed by atoms with Gasteiger partial charge >= 0.3 is 11.9 Å². The van der Waals surface area contributed by atoms with Gasteiger partial charge in [-0.15, -0.1) is 0 Å². The van der Waals surface area contributed by atoms with Crippen molar-refractivity contribution in [2.75, 3.05) is 6.54 Å². The molecule has 0 aliphatic rings. The molecule has 0 radical (unpaired) electrons. The predicted octanol–water partition coefficient (Wildman–Crippen LogP) is -3.90. The summed E-state index contributed by atoms with van der Waals surface area (Å²) in [6, 6.07) is -5.73. The van der Waals surface area contributed by atoms with Gasteiger partial charge in [0.05, 0.1) is 12.5 Å². The van der Waals surface area contributed by atoms with E-state index < -0.39 is 78.7 Å². The molecule has 0 aliphatic heterocycles. The predicted molar refractivity (Wildman–Crippen MR) is 117 cm³/mol. The van der Waals surface area contributed by atoms with E-state index >= 15 is 0 Å². The average Bonchev–Trinajstić information content (AvgIpc) is 2.73. The number of amides is 4. The maximum Gasteiger partial charge on any atom is 0.326 e. The highest BCUT2D eigenvalue weighted by Crippen LogP contribution is 2.06. The standard InChI is InChI=1S/C19H34N6O9/c1-9(26)15(22)18(32)24-11(5-6-14(28)29)17(31)23-10(4-2-3-7-20)16(30)25-12(19(33)34)8-13(21)27/h9-12,15,26H,2-8,20,22H2,1H3,(H2,21,27)(H,23,31)(H,24,32)(H,25,30)(H,28,29)(H,33,34). The van der Waals surface area contributed by atoms with Gasteiger partial charge in [-0.3, -0.25) is 24.0 Å². The Kier molecular flexibility index (Phi) is 14.0. The van der Waals surface area contributed by atoms with E-state index in [1.807, 2.05) is 0 Å². The maximum atomic E-state index is 12.8. The Morgan fingerprint density at radius 1 is 0.824 bits per heavy atom. The van der Waals surface area contributed by atoms with Gasteiger partial charge in [-0.05, 0) is 39.2 Å². The number of unbranched alkanes of at least 4 members (excludes halogenated alkanes) is 1. The van der Waals surface area contributed by atoms with Crippen LogP contribution in [-0.2, 0) is 28.8 Å². The SMILES string of the molecule is CC(O)C(N)C(=O)NC(CCC(=O)O)C(=O)NC(CCCCN)C(=O)NC(CC(N)=O)C(=O)O. The second-order valence-electron chi connectivity index (χ2n) is 7.68. The Labute approximate surface area is 195 Å². The van der Waals surface area contributed by atoms with E-state index in [1.54, 1.807) is 0 Å². The summed E-state index contributed by atoms with van der Waals surface area (Å²) in [5.74, 6) is -6.51. The van der Waals surface area contributed by atoms with Gasteiger partial charge in [0.2, 0.25) is 23.6 Å². The lowest BCUT2D eigenvalue weighted by atomic mass is 10.0. The van der Waals surface area contributed by atoms with Crippen molar-refractivity contribution in [3.63, 3.8) is 0 Å². The minimum Gasteiger partial charge on any atom is -0.481 e. The number of carboxylic acid groups (broad SMARTS) is 2. The molecule has 0 heterocycles. The summed E-state index contributed by atoms with van der Waals surface area (Å²) < 4.78 is 0. The van der Waals surface area contributed by atoms with Crippen molar-refractivity contribution in [1.29, 1.82) is 0 Å². The van der Waals surface area contributed by atoms with Crippen LogP contribution < -0.4 is 33.2 Å². The van der Waals surface area contributed by atoms with Gasteiger partial charge in [-0.25, -0.2) is 4.79 Å². The van der Waals surface area contributed by atoms with Crippen LogP contribution in [0.15, 0.2) is 0 Å². The first-order valence-corrected chi connectivity index (χ1v) is 10.6. The Balaban J connectivity index is 5.60. The van der Waals surface area contributed by atoms with Crippen LogP contribution in [0.4, 0.5) is 0 Å². The van der Waals surface area contributed by atoms with Gasteiger partial charge < -0.3 is 48.5 Å². The van der Waals surface area contributed by atoms with Gasteiger partial charge in [-0.2, -0.15) is 0 Å². The van der Waals surface area contributed by atoms with Gasteiger partial charge in [0.25, 0.3) is 0 Å². The number of rotatable bonds is 17. The third-order valence-electron chi connectivity index (χ3n) is 4.70. The van der Waals surface area contributed by atoms with Crippen molar-refractivity contribution in [2.24, 2.45) is 17.2 Å². The molecule has 12 N–H and O–H groups in total. The minimum atomic E-state index is -1.63. The van der Waals surface area contributed by atoms with E-state index in [0.29, 0.717) is 12.8 Å². The van der Waals surface area contributed by atoms with Crippen LogP contribution in [0.3, 0.4) is 0 Å². The van der Waals surface area contributed by atoms with Gasteiger partial charge in [0.15, 0.2) is 0 Å². The van der Waals surface area contributed by atoms with Crippen LogP contribution >= 0.6 is 0 Å². The molecule has 15 heteroatoms. The number of aliphatic carboxylic acids is 2. The fourth-order valence-electron chi connectivity index (χ4n) is 2.73. The topological polar surface area (TPSA) is 277 Å². The zero-order chi connectivity index (χ0) is 26.4. The molecule has 15 nitrogen and oxygen atoms in total. The molecule has 194 valence electrons. The molecular weight excluding hydrogens is 456 g/mol. The summed E-state index contributed by atoms with van der Waals surface area (Å²) in [5, 5.41) is 34.3. The first kappa shape index (κ1) is 30.7. The average molecular weight is 491 g/mol. The van der Waals surface area contributed by atoms with Crippen molar-refractivity contribution < 1.29 is 44.1 Å². The molecule has 0 aromatic carbocycles. The number of nitrogens with one attached hydrogen (secondary N) is 3. The largest absolute Gasteiger partial charge is 0.481 e. The molecule has 0 fully saturated rings. The van der Waals surface area contributed by atoms with Crippen molar-refractivity contribution >= 4 is 35.6 Å². The second kappa shape index (κ2) is 15.5. The molecule has 5 unspecified atom stereocenters. The zero-order valence-corrected chi connectivity index (χ0v) is 18.9. The molecule has 0 spiro atoms. The summed E-state index contributed by atoms with van der Waals surface area (Å²) >= 11 is 0. The van der Waals surface area contributed by atoms with E-state index in [1.165, 1.54) is 6.92 Å². The Morgan fingerprint density at radius 3 is 1.76 bits per heavy atom. The van der Waals surface area contributed by atoms with Crippen LogP contribution in [0.1, 0.15) is 45.4 Å². The number of hydrogen-bond donors (Lipinski definition) is 9. The Morgan fingerprint density at radius 2 is 1.32 bits per heavy atom. The molecular formula is C19H34N6O9. The third kappa shape index (κ3) is 12.1. The van der Waals surface area contributed by atoms with E-state index in [4.69, 9.17) is 22.3 Å². The molecule has 0 bridgehead atoms. The van der Waals surface area contributed by atoms with Crippen LogP contribution in [-0.4, -0.2) is 87.7 Å². The minimum absolute atomic E-state index is 0.0322. The van der Waals surface area contributed by atoms with Gasteiger partial charge in [0, 0.05) is 6.42 Å². The Hall–Kier alpha value is -3.30. The van der Waals surface area contributed by atoms with E-state index in [9.17, 15) is 39.0 Å². The normalized spacial score (nSPS) is 15.2. The second-order valence-corrected chi connectivity index (χ2v) is 7.68. The van der Waals surface area contributed by atoms with Crippen molar-refractivity contribution in [2.45, 2.75) is 75.7 Å².